The number of rotatable bonds is 3. The maximum absolute atomic E-state index is 12.9. The van der Waals surface area contributed by atoms with Crippen LogP contribution in [0.25, 0.3) is 0 Å². The first-order chi connectivity index (χ1) is 9.28. The van der Waals surface area contributed by atoms with E-state index in [1.54, 1.807) is 0 Å². The lowest BCUT2D eigenvalue weighted by molar-refractivity contribution is 0.0619. The minimum atomic E-state index is -0.164. The first-order valence-corrected chi connectivity index (χ1v) is 7.22. The molecule has 1 aliphatic carbocycles. The quantitative estimate of drug-likeness (QED) is 0.900. The van der Waals surface area contributed by atoms with Crippen molar-refractivity contribution in [2.45, 2.75) is 18.9 Å². The second-order valence-corrected chi connectivity index (χ2v) is 5.64. The summed E-state index contributed by atoms with van der Waals surface area (Å²) in [6.07, 6.45) is 2.59. The number of hydrogen-bond donors (Lipinski definition) is 1. The average molecular weight is 263 g/mol. The molecular weight excluding hydrogens is 241 g/mol. The summed E-state index contributed by atoms with van der Waals surface area (Å²) < 4.78 is 12.9. The molecule has 3 nitrogen and oxygen atoms in total. The molecule has 1 heterocycles. The fourth-order valence-electron chi connectivity index (χ4n) is 3.27. The molecule has 19 heavy (non-hydrogen) atoms. The van der Waals surface area contributed by atoms with Crippen LogP contribution in [0.15, 0.2) is 24.3 Å². The first-order valence-electron chi connectivity index (χ1n) is 7.22. The van der Waals surface area contributed by atoms with E-state index in [-0.39, 0.29) is 5.82 Å². The fraction of sp³-hybridized carbons (Fsp3) is 0.600. The van der Waals surface area contributed by atoms with Crippen LogP contribution in [0.2, 0.25) is 0 Å². The summed E-state index contributed by atoms with van der Waals surface area (Å²) in [5.74, 6) is 0.542. The van der Waals surface area contributed by atoms with Crippen LogP contribution in [0.4, 0.5) is 10.1 Å². The van der Waals surface area contributed by atoms with E-state index >= 15 is 0 Å². The predicted molar refractivity (Wildman–Crippen MR) is 75.8 cm³/mol. The van der Waals surface area contributed by atoms with E-state index in [2.05, 4.69) is 9.80 Å². The van der Waals surface area contributed by atoms with Crippen LogP contribution >= 0.6 is 0 Å². The number of nitrogens with two attached hydrogens (primary N) is 1. The van der Waals surface area contributed by atoms with E-state index in [9.17, 15) is 4.39 Å². The van der Waals surface area contributed by atoms with E-state index in [0.717, 1.165) is 38.4 Å². The molecule has 2 aliphatic rings. The predicted octanol–water partition coefficient (Wildman–Crippen LogP) is 1.68. The summed E-state index contributed by atoms with van der Waals surface area (Å²) in [6, 6.07) is 7.53. The molecule has 4 heteroatoms. The average Bonchev–Trinajstić information content (AvgIpc) is 2.40. The molecule has 1 aliphatic heterocycles. The highest BCUT2D eigenvalue weighted by atomic mass is 19.1. The van der Waals surface area contributed by atoms with Crippen LogP contribution < -0.4 is 10.6 Å². The maximum Gasteiger partial charge on any atom is 0.123 e. The number of halogens is 1. The molecule has 2 fully saturated rings. The van der Waals surface area contributed by atoms with E-state index in [1.807, 2.05) is 12.1 Å². The lowest BCUT2D eigenvalue weighted by Crippen LogP contribution is -2.56. The van der Waals surface area contributed by atoms with Gasteiger partial charge in [-0.25, -0.2) is 4.39 Å². The summed E-state index contributed by atoms with van der Waals surface area (Å²) in [5, 5.41) is 0. The van der Waals surface area contributed by atoms with Crippen molar-refractivity contribution in [1.29, 1.82) is 0 Å². The molecule has 1 saturated heterocycles. The Hall–Kier alpha value is -1.13. The Morgan fingerprint density at radius 3 is 2.26 bits per heavy atom. The summed E-state index contributed by atoms with van der Waals surface area (Å²) in [6.45, 7) is 5.07. The molecule has 0 radical (unpaired) electrons. The van der Waals surface area contributed by atoms with Crippen molar-refractivity contribution in [3.05, 3.63) is 30.1 Å². The Balaban J connectivity index is 1.56. The van der Waals surface area contributed by atoms with Crippen LogP contribution in [-0.4, -0.2) is 43.7 Å². The fourth-order valence-corrected chi connectivity index (χ4v) is 3.27. The van der Waals surface area contributed by atoms with Gasteiger partial charge in [0.1, 0.15) is 5.82 Å². The molecule has 1 saturated carbocycles. The number of anilines is 1. The third kappa shape index (κ3) is 2.60. The highest BCUT2D eigenvalue weighted by molar-refractivity contribution is 5.46. The zero-order valence-corrected chi connectivity index (χ0v) is 11.3. The second kappa shape index (κ2) is 5.47. The Morgan fingerprint density at radius 2 is 1.74 bits per heavy atom. The van der Waals surface area contributed by atoms with Gasteiger partial charge in [0.15, 0.2) is 0 Å². The van der Waals surface area contributed by atoms with Crippen LogP contribution in [-0.2, 0) is 0 Å². The number of hydrogen-bond acceptors (Lipinski definition) is 3. The van der Waals surface area contributed by atoms with Gasteiger partial charge in [-0.3, -0.25) is 4.90 Å². The Bertz CT molecular complexity index is 410. The highest BCUT2D eigenvalue weighted by Crippen LogP contribution is 2.32. The topological polar surface area (TPSA) is 32.5 Å². The molecule has 3 rings (SSSR count). The van der Waals surface area contributed by atoms with Gasteiger partial charge in [0.2, 0.25) is 0 Å². The SMILES string of the molecule is NCC1CCC1N1CCN(c2ccc(F)cc2)CC1. The lowest BCUT2D eigenvalue weighted by atomic mass is 9.78. The molecule has 2 unspecified atom stereocenters. The second-order valence-electron chi connectivity index (χ2n) is 5.64. The highest BCUT2D eigenvalue weighted by Gasteiger charge is 2.35. The zero-order valence-electron chi connectivity index (χ0n) is 11.3. The number of piperazine rings is 1. The molecular formula is C15H22FN3. The van der Waals surface area contributed by atoms with Gasteiger partial charge in [-0.2, -0.15) is 0 Å². The lowest BCUT2D eigenvalue weighted by Gasteiger charge is -2.47. The van der Waals surface area contributed by atoms with Gasteiger partial charge in [0, 0.05) is 37.9 Å². The first kappa shape index (κ1) is 12.9. The van der Waals surface area contributed by atoms with Crippen LogP contribution in [0.3, 0.4) is 0 Å². The van der Waals surface area contributed by atoms with Gasteiger partial charge in [-0.1, -0.05) is 0 Å². The molecule has 1 aromatic carbocycles. The van der Waals surface area contributed by atoms with Crippen molar-refractivity contribution >= 4 is 5.69 Å². The number of nitrogens with zero attached hydrogens (tertiary/aromatic N) is 2. The van der Waals surface area contributed by atoms with Gasteiger partial charge in [0.05, 0.1) is 0 Å². The molecule has 0 bridgehead atoms. The molecule has 2 atom stereocenters. The van der Waals surface area contributed by atoms with Gasteiger partial charge >= 0.3 is 0 Å². The molecule has 2 N–H and O–H groups in total. The third-order valence-electron chi connectivity index (χ3n) is 4.66. The number of benzene rings is 1. The summed E-state index contributed by atoms with van der Waals surface area (Å²) >= 11 is 0. The Labute approximate surface area is 114 Å². The molecule has 0 spiro atoms. The van der Waals surface area contributed by atoms with Crippen LogP contribution in [0.1, 0.15) is 12.8 Å². The molecule has 1 aromatic rings. The van der Waals surface area contributed by atoms with Crippen LogP contribution in [0, 0.1) is 11.7 Å². The smallest absolute Gasteiger partial charge is 0.123 e. The third-order valence-corrected chi connectivity index (χ3v) is 4.66. The molecule has 0 amide bonds. The molecule has 104 valence electrons. The monoisotopic (exact) mass is 263 g/mol. The van der Waals surface area contributed by atoms with E-state index < -0.39 is 0 Å². The minimum absolute atomic E-state index is 0.164. The minimum Gasteiger partial charge on any atom is -0.369 e. The van der Waals surface area contributed by atoms with Crippen molar-refractivity contribution < 1.29 is 4.39 Å². The van der Waals surface area contributed by atoms with Crippen molar-refractivity contribution in [3.63, 3.8) is 0 Å². The Morgan fingerprint density at radius 1 is 1.05 bits per heavy atom. The van der Waals surface area contributed by atoms with Crippen molar-refractivity contribution in [2.75, 3.05) is 37.6 Å². The molecule has 0 aromatic heterocycles. The van der Waals surface area contributed by atoms with Crippen LogP contribution in [0.5, 0.6) is 0 Å². The van der Waals surface area contributed by atoms with Crippen molar-refractivity contribution in [2.24, 2.45) is 11.7 Å². The van der Waals surface area contributed by atoms with Gasteiger partial charge in [-0.05, 0) is 49.6 Å². The Kier molecular flexibility index (Phi) is 3.71. The largest absolute Gasteiger partial charge is 0.369 e. The normalized spacial score (nSPS) is 28.2. The summed E-state index contributed by atoms with van der Waals surface area (Å²) in [5.41, 5.74) is 6.92. The maximum atomic E-state index is 12.9. The van der Waals surface area contributed by atoms with Crippen molar-refractivity contribution in [3.8, 4) is 0 Å². The van der Waals surface area contributed by atoms with E-state index in [1.165, 1.54) is 25.0 Å². The van der Waals surface area contributed by atoms with Gasteiger partial charge < -0.3 is 10.6 Å². The summed E-state index contributed by atoms with van der Waals surface area (Å²) in [4.78, 5) is 4.92. The van der Waals surface area contributed by atoms with Crippen molar-refractivity contribution in [1.82, 2.24) is 4.90 Å². The van der Waals surface area contributed by atoms with E-state index in [0.29, 0.717) is 12.0 Å². The summed E-state index contributed by atoms with van der Waals surface area (Å²) in [7, 11) is 0. The van der Waals surface area contributed by atoms with Gasteiger partial charge in [0.25, 0.3) is 0 Å². The zero-order chi connectivity index (χ0) is 13.2. The van der Waals surface area contributed by atoms with E-state index in [4.69, 9.17) is 5.73 Å². The van der Waals surface area contributed by atoms with Gasteiger partial charge in [-0.15, -0.1) is 0 Å². The standard InChI is InChI=1S/C15H22FN3/c16-13-2-4-14(5-3-13)18-7-9-19(10-8-18)15-6-1-12(15)11-17/h2-5,12,15H,1,6-11,17H2.